The summed E-state index contributed by atoms with van der Waals surface area (Å²) in [4.78, 5) is 29.0. The molecule has 192 valence electrons. The van der Waals surface area contributed by atoms with Crippen molar-refractivity contribution in [3.8, 4) is 11.1 Å². The van der Waals surface area contributed by atoms with Crippen LogP contribution in [0.1, 0.15) is 29.4 Å². The molecular formula is C26H21F4N3O4. The fraction of sp³-hybridized carbons (Fsp3) is 0.231. The molecule has 2 aromatic carbocycles. The number of hydrogen-bond acceptors (Lipinski definition) is 5. The number of rotatable bonds is 7. The summed E-state index contributed by atoms with van der Waals surface area (Å²) in [5.41, 5.74) is -0.822. The minimum absolute atomic E-state index is 0.0142. The number of aromatic nitrogens is 3. The standard InChI is InChI=1S/C26H21F4N3O4/c1-25(24(36)37-2,14-15-4-3-5-18(27)12-15)20-10-11-31-23-22(19(13-21(34)35)32-33(20)23)16-6-8-17(9-7-16)26(28,29)30/h3-12H,13-14H2,1-2H3,(H,34,35)/t25-/m0/s1. The molecule has 0 fully saturated rings. The minimum atomic E-state index is -4.55. The lowest BCUT2D eigenvalue weighted by molar-refractivity contribution is -0.147. The summed E-state index contributed by atoms with van der Waals surface area (Å²) in [7, 11) is 1.21. The van der Waals surface area contributed by atoms with Gasteiger partial charge in [0.2, 0.25) is 0 Å². The second-order valence-corrected chi connectivity index (χ2v) is 8.66. The van der Waals surface area contributed by atoms with Crippen molar-refractivity contribution < 1.29 is 37.0 Å². The van der Waals surface area contributed by atoms with E-state index in [1.807, 2.05) is 0 Å². The molecule has 4 rings (SSSR count). The first kappa shape index (κ1) is 25.8. The lowest BCUT2D eigenvalue weighted by Gasteiger charge is -2.27. The maximum absolute atomic E-state index is 13.9. The van der Waals surface area contributed by atoms with Crippen LogP contribution < -0.4 is 0 Å². The molecule has 0 saturated carbocycles. The van der Waals surface area contributed by atoms with Gasteiger partial charge in [-0.05, 0) is 54.8 Å². The first-order valence-electron chi connectivity index (χ1n) is 11.0. The highest BCUT2D eigenvalue weighted by Crippen LogP contribution is 2.36. The third-order valence-electron chi connectivity index (χ3n) is 6.06. The minimum Gasteiger partial charge on any atom is -0.481 e. The van der Waals surface area contributed by atoms with Gasteiger partial charge in [-0.3, -0.25) is 9.59 Å². The van der Waals surface area contributed by atoms with Gasteiger partial charge in [0.15, 0.2) is 5.65 Å². The van der Waals surface area contributed by atoms with E-state index in [-0.39, 0.29) is 34.6 Å². The number of benzene rings is 2. The summed E-state index contributed by atoms with van der Waals surface area (Å²) in [6.07, 6.45) is -3.69. The number of halogens is 4. The van der Waals surface area contributed by atoms with E-state index < -0.39 is 41.3 Å². The molecule has 11 heteroatoms. The van der Waals surface area contributed by atoms with Crippen molar-refractivity contribution in [2.75, 3.05) is 7.11 Å². The fourth-order valence-corrected chi connectivity index (χ4v) is 4.34. The van der Waals surface area contributed by atoms with Gasteiger partial charge in [-0.25, -0.2) is 13.9 Å². The molecule has 0 saturated heterocycles. The SMILES string of the molecule is COC(=O)[C@@](C)(Cc1cccc(F)c1)c1ccnc2c(-c3ccc(C(F)(F)F)cc3)c(CC(=O)O)nn12. The second-order valence-electron chi connectivity index (χ2n) is 8.66. The van der Waals surface area contributed by atoms with Gasteiger partial charge in [-0.15, -0.1) is 0 Å². The Morgan fingerprint density at radius 3 is 2.38 bits per heavy atom. The predicted molar refractivity (Wildman–Crippen MR) is 124 cm³/mol. The van der Waals surface area contributed by atoms with Gasteiger partial charge in [0, 0.05) is 6.20 Å². The van der Waals surface area contributed by atoms with Crippen LogP contribution >= 0.6 is 0 Å². The number of methoxy groups -OCH3 is 1. The molecule has 37 heavy (non-hydrogen) atoms. The summed E-state index contributed by atoms with van der Waals surface area (Å²) in [5.74, 6) is -2.36. The van der Waals surface area contributed by atoms with Crippen molar-refractivity contribution in [2.45, 2.75) is 31.4 Å². The van der Waals surface area contributed by atoms with Crippen LogP contribution in [0.15, 0.2) is 60.8 Å². The van der Waals surface area contributed by atoms with E-state index >= 15 is 0 Å². The van der Waals surface area contributed by atoms with Crippen molar-refractivity contribution >= 4 is 17.6 Å². The summed E-state index contributed by atoms with van der Waals surface area (Å²) in [6.45, 7) is 1.58. The number of aliphatic carboxylic acids is 1. The van der Waals surface area contributed by atoms with Crippen molar-refractivity contribution in [1.82, 2.24) is 14.6 Å². The van der Waals surface area contributed by atoms with Gasteiger partial charge in [-0.2, -0.15) is 18.3 Å². The highest BCUT2D eigenvalue weighted by Gasteiger charge is 2.40. The molecule has 0 aliphatic carbocycles. The number of esters is 1. The summed E-state index contributed by atoms with van der Waals surface area (Å²) in [5, 5.41) is 13.9. The molecule has 0 radical (unpaired) electrons. The Bertz CT molecular complexity index is 1480. The van der Waals surface area contributed by atoms with E-state index in [0.717, 1.165) is 12.1 Å². The maximum Gasteiger partial charge on any atom is 0.416 e. The first-order valence-corrected chi connectivity index (χ1v) is 11.0. The molecule has 0 bridgehead atoms. The average molecular weight is 515 g/mol. The molecule has 2 aromatic heterocycles. The van der Waals surface area contributed by atoms with E-state index in [1.54, 1.807) is 13.0 Å². The van der Waals surface area contributed by atoms with E-state index in [0.29, 0.717) is 5.56 Å². The number of carbonyl (C=O) groups is 2. The van der Waals surface area contributed by atoms with Crippen molar-refractivity contribution in [3.63, 3.8) is 0 Å². The highest BCUT2D eigenvalue weighted by molar-refractivity contribution is 5.86. The Balaban J connectivity index is 1.94. The number of ether oxygens (including phenoxy) is 1. The number of nitrogens with zero attached hydrogens (tertiary/aromatic N) is 3. The zero-order valence-electron chi connectivity index (χ0n) is 19.7. The predicted octanol–water partition coefficient (Wildman–Crippen LogP) is 4.85. The summed E-state index contributed by atoms with van der Waals surface area (Å²) >= 11 is 0. The molecule has 7 nitrogen and oxygen atoms in total. The number of carbonyl (C=O) groups excluding carboxylic acids is 1. The molecule has 0 aliphatic rings. The Morgan fingerprint density at radius 2 is 1.78 bits per heavy atom. The third kappa shape index (κ3) is 5.02. The van der Waals surface area contributed by atoms with Crippen molar-refractivity contribution in [2.24, 2.45) is 0 Å². The van der Waals surface area contributed by atoms with Crippen molar-refractivity contribution in [1.29, 1.82) is 0 Å². The van der Waals surface area contributed by atoms with Crippen LogP contribution in [0.2, 0.25) is 0 Å². The Labute approximate surface area is 208 Å². The van der Waals surface area contributed by atoms with E-state index in [9.17, 15) is 32.3 Å². The van der Waals surface area contributed by atoms with Crippen molar-refractivity contribution in [3.05, 3.63) is 89.1 Å². The van der Waals surface area contributed by atoms with Gasteiger partial charge in [0.1, 0.15) is 11.2 Å². The van der Waals surface area contributed by atoms with Crippen LogP contribution in [0.4, 0.5) is 17.6 Å². The van der Waals surface area contributed by atoms with Crippen LogP contribution in [0.25, 0.3) is 16.8 Å². The number of carboxylic acids is 1. The average Bonchev–Trinajstić information content (AvgIpc) is 3.20. The molecule has 0 unspecified atom stereocenters. The number of carboxylic acid groups (broad SMARTS) is 1. The normalized spacial score (nSPS) is 13.4. The Morgan fingerprint density at radius 1 is 1.08 bits per heavy atom. The second kappa shape index (κ2) is 9.64. The molecule has 0 aliphatic heterocycles. The Kier molecular flexibility index (Phi) is 6.72. The zero-order chi connectivity index (χ0) is 27.0. The number of fused-ring (bicyclic) bond motifs is 1. The highest BCUT2D eigenvalue weighted by atomic mass is 19.4. The van der Waals surface area contributed by atoms with Crippen LogP contribution in [0, 0.1) is 5.82 Å². The molecule has 0 amide bonds. The van der Waals surface area contributed by atoms with Crippen LogP contribution in [-0.2, 0) is 38.8 Å². The Hall–Kier alpha value is -4.28. The maximum atomic E-state index is 13.9. The largest absolute Gasteiger partial charge is 0.481 e. The zero-order valence-corrected chi connectivity index (χ0v) is 19.7. The number of hydrogen-bond donors (Lipinski definition) is 1. The number of alkyl halides is 3. The van der Waals surface area contributed by atoms with Gasteiger partial charge in [0.25, 0.3) is 0 Å². The van der Waals surface area contributed by atoms with E-state index in [1.165, 1.54) is 54.2 Å². The van der Waals surface area contributed by atoms with Crippen LogP contribution in [0.5, 0.6) is 0 Å². The quantitative estimate of drug-likeness (QED) is 0.279. The van der Waals surface area contributed by atoms with Gasteiger partial charge < -0.3 is 9.84 Å². The molecule has 4 aromatic rings. The summed E-state index contributed by atoms with van der Waals surface area (Å²) in [6, 6.07) is 11.4. The topological polar surface area (TPSA) is 93.8 Å². The smallest absolute Gasteiger partial charge is 0.416 e. The van der Waals surface area contributed by atoms with Crippen LogP contribution in [-0.4, -0.2) is 38.8 Å². The molecule has 2 heterocycles. The summed E-state index contributed by atoms with van der Waals surface area (Å²) < 4.78 is 59.5. The molecular weight excluding hydrogens is 494 g/mol. The first-order chi connectivity index (χ1) is 17.4. The lowest BCUT2D eigenvalue weighted by atomic mass is 9.80. The molecule has 0 spiro atoms. The monoisotopic (exact) mass is 515 g/mol. The van der Waals surface area contributed by atoms with Gasteiger partial charge >= 0.3 is 18.1 Å². The van der Waals surface area contributed by atoms with E-state index in [2.05, 4.69) is 10.1 Å². The van der Waals surface area contributed by atoms with Gasteiger partial charge in [-0.1, -0.05) is 24.3 Å². The lowest BCUT2D eigenvalue weighted by Crippen LogP contribution is -2.38. The molecule has 1 atom stereocenters. The molecule has 1 N–H and O–H groups in total. The van der Waals surface area contributed by atoms with Gasteiger partial charge in [0.05, 0.1) is 36.0 Å². The van der Waals surface area contributed by atoms with Crippen LogP contribution in [0.3, 0.4) is 0 Å². The fourth-order valence-electron chi connectivity index (χ4n) is 4.34. The van der Waals surface area contributed by atoms with E-state index in [4.69, 9.17) is 4.74 Å². The third-order valence-corrected chi connectivity index (χ3v) is 6.06.